The summed E-state index contributed by atoms with van der Waals surface area (Å²) in [6, 6.07) is 1.02. The van der Waals surface area contributed by atoms with Crippen molar-refractivity contribution in [2.75, 3.05) is 6.54 Å². The first kappa shape index (κ1) is 18.5. The van der Waals surface area contributed by atoms with Gasteiger partial charge in [0.2, 0.25) is 10.0 Å². The molecule has 0 bridgehead atoms. The van der Waals surface area contributed by atoms with Crippen LogP contribution in [-0.4, -0.2) is 20.9 Å². The smallest absolute Gasteiger partial charge is 0.254 e. The van der Waals surface area contributed by atoms with Gasteiger partial charge in [-0.3, -0.25) is 4.79 Å². The van der Waals surface area contributed by atoms with Gasteiger partial charge < -0.3 is 5.32 Å². The van der Waals surface area contributed by atoms with Gasteiger partial charge in [-0.05, 0) is 12.5 Å². The number of carbonyl (C=O) groups is 1. The van der Waals surface area contributed by atoms with Gasteiger partial charge in [0.15, 0.2) is 0 Å². The zero-order valence-corrected chi connectivity index (χ0v) is 14.3. The maximum absolute atomic E-state index is 12.1. The molecule has 1 aromatic rings. The van der Waals surface area contributed by atoms with Crippen LogP contribution in [0.1, 0.15) is 36.5 Å². The fraction of sp³-hybridized carbons (Fsp3) is 0.417. The Morgan fingerprint density at radius 3 is 2.38 bits per heavy atom. The van der Waals surface area contributed by atoms with E-state index in [9.17, 15) is 13.2 Å². The largest absolute Gasteiger partial charge is 0.352 e. The number of amides is 1. The molecule has 0 aliphatic heterocycles. The highest BCUT2D eigenvalue weighted by molar-refractivity contribution is 7.89. The molecule has 0 spiro atoms. The van der Waals surface area contributed by atoms with Crippen LogP contribution in [-0.2, 0) is 10.0 Å². The Hall–Kier alpha value is -0.530. The lowest BCUT2D eigenvalue weighted by molar-refractivity contribution is 0.0953. The third-order valence-electron chi connectivity index (χ3n) is 2.72. The van der Waals surface area contributed by atoms with Crippen molar-refractivity contribution in [2.45, 2.75) is 31.1 Å². The molecule has 0 unspecified atom stereocenters. The van der Waals surface area contributed by atoms with E-state index >= 15 is 0 Å². The van der Waals surface area contributed by atoms with Crippen LogP contribution in [0.2, 0.25) is 15.1 Å². The Labute approximate surface area is 138 Å². The van der Waals surface area contributed by atoms with Crippen molar-refractivity contribution < 1.29 is 13.2 Å². The average Bonchev–Trinajstić information content (AvgIpc) is 2.38. The van der Waals surface area contributed by atoms with Crippen LogP contribution in [0.5, 0.6) is 0 Å². The van der Waals surface area contributed by atoms with Crippen molar-refractivity contribution in [3.05, 3.63) is 26.7 Å². The zero-order valence-electron chi connectivity index (χ0n) is 11.3. The first-order valence-corrected chi connectivity index (χ1v) is 8.86. The molecule has 0 heterocycles. The number of nitrogens with one attached hydrogen (secondary N) is 1. The van der Waals surface area contributed by atoms with Crippen molar-refractivity contribution in [2.24, 2.45) is 5.14 Å². The summed E-state index contributed by atoms with van der Waals surface area (Å²) in [7, 11) is -4.11. The predicted octanol–water partition coefficient (Wildman–Crippen LogP) is 3.21. The first-order chi connectivity index (χ1) is 9.70. The van der Waals surface area contributed by atoms with Crippen LogP contribution in [0.3, 0.4) is 0 Å². The number of primary sulfonamides is 1. The highest BCUT2D eigenvalue weighted by atomic mass is 35.5. The van der Waals surface area contributed by atoms with Crippen LogP contribution < -0.4 is 10.5 Å². The van der Waals surface area contributed by atoms with Crippen molar-refractivity contribution >= 4 is 50.7 Å². The number of sulfonamides is 1. The first-order valence-electron chi connectivity index (χ1n) is 6.18. The van der Waals surface area contributed by atoms with Gasteiger partial charge >= 0.3 is 0 Å². The van der Waals surface area contributed by atoms with E-state index in [4.69, 9.17) is 39.9 Å². The molecule has 3 N–H and O–H groups in total. The van der Waals surface area contributed by atoms with Gasteiger partial charge in [-0.2, -0.15) is 0 Å². The summed E-state index contributed by atoms with van der Waals surface area (Å²) < 4.78 is 22.9. The summed E-state index contributed by atoms with van der Waals surface area (Å²) in [6.07, 6.45) is 2.75. The van der Waals surface area contributed by atoms with E-state index in [2.05, 4.69) is 5.32 Å². The van der Waals surface area contributed by atoms with E-state index < -0.39 is 20.8 Å². The molecular formula is C12H15Cl3N2O3S. The zero-order chi connectivity index (χ0) is 16.2. The molecule has 5 nitrogen and oxygen atoms in total. The Balaban J connectivity index is 3.17. The molecular weight excluding hydrogens is 359 g/mol. The second kappa shape index (κ2) is 7.65. The highest BCUT2D eigenvalue weighted by Crippen LogP contribution is 2.36. The quantitative estimate of drug-likeness (QED) is 0.592. The van der Waals surface area contributed by atoms with Gasteiger partial charge in [0.05, 0.1) is 20.6 Å². The molecule has 1 rings (SSSR count). The van der Waals surface area contributed by atoms with E-state index in [1.165, 1.54) is 0 Å². The lowest BCUT2D eigenvalue weighted by Crippen LogP contribution is -2.26. The molecule has 0 aliphatic rings. The van der Waals surface area contributed by atoms with E-state index in [1.54, 1.807) is 0 Å². The van der Waals surface area contributed by atoms with Crippen molar-refractivity contribution in [3.63, 3.8) is 0 Å². The highest BCUT2D eigenvalue weighted by Gasteiger charge is 2.25. The molecule has 1 aromatic carbocycles. The second-order valence-electron chi connectivity index (χ2n) is 4.37. The maximum Gasteiger partial charge on any atom is 0.254 e. The van der Waals surface area contributed by atoms with Gasteiger partial charge in [-0.1, -0.05) is 54.6 Å². The van der Waals surface area contributed by atoms with Gasteiger partial charge in [0.1, 0.15) is 4.90 Å². The topological polar surface area (TPSA) is 89.3 Å². The monoisotopic (exact) mass is 372 g/mol. The summed E-state index contributed by atoms with van der Waals surface area (Å²) in [6.45, 7) is 2.46. The summed E-state index contributed by atoms with van der Waals surface area (Å²) in [5.74, 6) is -0.589. The number of hydrogen-bond donors (Lipinski definition) is 2. The molecule has 9 heteroatoms. The molecule has 118 valence electrons. The normalized spacial score (nSPS) is 11.5. The fourth-order valence-electron chi connectivity index (χ4n) is 1.65. The molecule has 0 saturated carbocycles. The summed E-state index contributed by atoms with van der Waals surface area (Å²) in [5, 5.41) is 7.11. The van der Waals surface area contributed by atoms with E-state index in [-0.39, 0.29) is 20.6 Å². The summed E-state index contributed by atoms with van der Waals surface area (Å²) in [5.41, 5.74) is -0.189. The van der Waals surface area contributed by atoms with Gasteiger partial charge in [-0.15, -0.1) is 0 Å². The minimum Gasteiger partial charge on any atom is -0.352 e. The molecule has 0 aromatic heterocycles. The van der Waals surface area contributed by atoms with Crippen LogP contribution in [0.4, 0.5) is 0 Å². The van der Waals surface area contributed by atoms with E-state index in [0.29, 0.717) is 6.54 Å². The van der Waals surface area contributed by atoms with Crippen LogP contribution in [0, 0.1) is 0 Å². The Bertz CT molecular complexity index is 648. The Morgan fingerprint density at radius 2 is 1.86 bits per heavy atom. The van der Waals surface area contributed by atoms with Crippen LogP contribution in [0.15, 0.2) is 11.0 Å². The molecule has 0 radical (unpaired) electrons. The third kappa shape index (κ3) is 4.72. The number of nitrogens with two attached hydrogens (primary N) is 1. The summed E-state index contributed by atoms with van der Waals surface area (Å²) >= 11 is 17.7. The second-order valence-corrected chi connectivity index (χ2v) is 7.06. The molecule has 0 fully saturated rings. The number of rotatable bonds is 6. The number of benzene rings is 1. The standard InChI is InChI=1S/C12H15Cl3N2O3S/c1-2-3-4-5-17-12(18)9-10(14)7(13)6-8(11(9)15)21(16,19)20/h6H,2-5H2,1H3,(H,17,18)(H2,16,19,20). The number of carbonyl (C=O) groups excluding carboxylic acids is 1. The van der Waals surface area contributed by atoms with E-state index in [1.807, 2.05) is 6.92 Å². The van der Waals surface area contributed by atoms with Crippen molar-refractivity contribution in [3.8, 4) is 0 Å². The number of halogens is 3. The van der Waals surface area contributed by atoms with Crippen LogP contribution >= 0.6 is 34.8 Å². The molecule has 0 aliphatic carbocycles. The van der Waals surface area contributed by atoms with Crippen molar-refractivity contribution in [1.29, 1.82) is 0 Å². The van der Waals surface area contributed by atoms with Gasteiger partial charge in [0.25, 0.3) is 5.91 Å². The maximum atomic E-state index is 12.1. The number of unbranched alkanes of at least 4 members (excludes halogenated alkanes) is 2. The van der Waals surface area contributed by atoms with Gasteiger partial charge in [0, 0.05) is 6.54 Å². The third-order valence-corrected chi connectivity index (χ3v) is 4.95. The molecule has 21 heavy (non-hydrogen) atoms. The molecule has 1 amide bonds. The lowest BCUT2D eigenvalue weighted by atomic mass is 10.2. The lowest BCUT2D eigenvalue weighted by Gasteiger charge is -2.12. The fourth-order valence-corrected chi connectivity index (χ4v) is 3.40. The van der Waals surface area contributed by atoms with Gasteiger partial charge in [-0.25, -0.2) is 13.6 Å². The predicted molar refractivity (Wildman–Crippen MR) is 84.7 cm³/mol. The minimum atomic E-state index is -4.11. The number of hydrogen-bond acceptors (Lipinski definition) is 3. The van der Waals surface area contributed by atoms with E-state index in [0.717, 1.165) is 25.3 Å². The summed E-state index contributed by atoms with van der Waals surface area (Å²) in [4.78, 5) is 11.7. The van der Waals surface area contributed by atoms with Crippen molar-refractivity contribution in [1.82, 2.24) is 5.32 Å². The van der Waals surface area contributed by atoms with Crippen LogP contribution in [0.25, 0.3) is 0 Å². The minimum absolute atomic E-state index is 0.108. The molecule has 0 saturated heterocycles. The molecule has 0 atom stereocenters. The SMILES string of the molecule is CCCCCNC(=O)c1c(Cl)c(Cl)cc(S(N)(=O)=O)c1Cl. The average molecular weight is 374 g/mol. The Kier molecular flexibility index (Phi) is 6.74. The Morgan fingerprint density at radius 1 is 1.24 bits per heavy atom.